The highest BCUT2D eigenvalue weighted by molar-refractivity contribution is 5.69. The van der Waals surface area contributed by atoms with Crippen LogP contribution < -0.4 is 5.73 Å². The number of carbonyl (C=O) groups excluding carboxylic acids is 1. The summed E-state index contributed by atoms with van der Waals surface area (Å²) >= 11 is 0. The Bertz CT molecular complexity index is 973. The van der Waals surface area contributed by atoms with Crippen LogP contribution in [-0.2, 0) is 19.9 Å². The van der Waals surface area contributed by atoms with Crippen molar-refractivity contribution in [2.45, 2.75) is 62.9 Å². The standard InChI is InChI=1S/C22H31N5O5/c1-13-3-5-14(6-4-13)9-18(28)31-10-16-19(29)20(30)22(32-16,11-24-2)17-8-7-15-21(23)25-12-26-27(15)17/h7-8,12-14,16,19-20,29-30H,2-6,9-11H2,1H3,(H2,23,25,26)/t13?,14?,16-,19-,20-,22+/m1/s1. The lowest BCUT2D eigenvalue weighted by Gasteiger charge is -2.30. The van der Waals surface area contributed by atoms with Crippen LogP contribution in [0.1, 0.15) is 44.7 Å². The maximum Gasteiger partial charge on any atom is 0.306 e. The lowest BCUT2D eigenvalue weighted by atomic mass is 9.81. The van der Waals surface area contributed by atoms with Crippen molar-refractivity contribution >= 4 is 24.0 Å². The first kappa shape index (κ1) is 22.6. The van der Waals surface area contributed by atoms with E-state index < -0.39 is 23.9 Å². The van der Waals surface area contributed by atoms with Crippen LogP contribution in [0.2, 0.25) is 0 Å². The first-order chi connectivity index (χ1) is 15.4. The summed E-state index contributed by atoms with van der Waals surface area (Å²) in [6, 6.07) is 3.40. The molecule has 1 saturated carbocycles. The fraction of sp³-hybridized carbons (Fsp3) is 0.636. The molecular formula is C22H31N5O5. The van der Waals surface area contributed by atoms with Crippen LogP contribution in [0.15, 0.2) is 23.5 Å². The SMILES string of the molecule is C=NC[C@@]1(c2ccc3c(N)ncnn23)O[C@H](COC(=O)CC2CCC(C)CC2)[C@@H](O)[C@H]1O. The van der Waals surface area contributed by atoms with Crippen LogP contribution in [0.5, 0.6) is 0 Å². The predicted molar refractivity (Wildman–Crippen MR) is 117 cm³/mol. The number of fused-ring (bicyclic) bond motifs is 1. The Morgan fingerprint density at radius 1 is 1.38 bits per heavy atom. The number of esters is 1. The number of aliphatic hydroxyl groups excluding tert-OH is 2. The van der Waals surface area contributed by atoms with Crippen LogP contribution in [0, 0.1) is 11.8 Å². The van der Waals surface area contributed by atoms with E-state index in [2.05, 4.69) is 28.7 Å². The van der Waals surface area contributed by atoms with Gasteiger partial charge >= 0.3 is 5.97 Å². The molecule has 2 aliphatic rings. The summed E-state index contributed by atoms with van der Waals surface area (Å²) in [5.41, 5.74) is 5.48. The summed E-state index contributed by atoms with van der Waals surface area (Å²) < 4.78 is 13.1. The minimum atomic E-state index is -1.43. The maximum absolute atomic E-state index is 12.4. The number of nitrogen functional groups attached to an aromatic ring is 1. The van der Waals surface area contributed by atoms with Crippen molar-refractivity contribution in [3.63, 3.8) is 0 Å². The molecule has 0 aromatic carbocycles. The largest absolute Gasteiger partial charge is 0.463 e. The van der Waals surface area contributed by atoms with Crippen LogP contribution in [0.4, 0.5) is 5.82 Å². The number of carbonyl (C=O) groups is 1. The normalized spacial score (nSPS) is 32.8. The predicted octanol–water partition coefficient (Wildman–Crippen LogP) is 1.09. The van der Waals surface area contributed by atoms with Crippen molar-refractivity contribution in [1.82, 2.24) is 14.6 Å². The Labute approximate surface area is 186 Å². The van der Waals surface area contributed by atoms with Crippen molar-refractivity contribution in [3.8, 4) is 0 Å². The average Bonchev–Trinajstić information content (AvgIpc) is 3.31. The number of hydrogen-bond acceptors (Lipinski definition) is 9. The van der Waals surface area contributed by atoms with Gasteiger partial charge in [0.1, 0.15) is 36.8 Å². The van der Waals surface area contributed by atoms with Gasteiger partial charge in [0.2, 0.25) is 0 Å². The lowest BCUT2D eigenvalue weighted by molar-refractivity contribution is -0.153. The average molecular weight is 446 g/mol. The van der Waals surface area contributed by atoms with Crippen molar-refractivity contribution in [1.29, 1.82) is 0 Å². The second-order valence-electron chi connectivity index (χ2n) is 9.04. The van der Waals surface area contributed by atoms with E-state index in [1.54, 1.807) is 12.1 Å². The van der Waals surface area contributed by atoms with Crippen LogP contribution in [0.3, 0.4) is 0 Å². The molecule has 4 rings (SSSR count). The molecule has 2 aromatic rings. The van der Waals surface area contributed by atoms with E-state index in [0.717, 1.165) is 25.7 Å². The Balaban J connectivity index is 1.48. The van der Waals surface area contributed by atoms with E-state index in [9.17, 15) is 15.0 Å². The zero-order valence-corrected chi connectivity index (χ0v) is 18.3. The number of nitrogens with zero attached hydrogens (tertiary/aromatic N) is 4. The molecule has 1 saturated heterocycles. The van der Waals surface area contributed by atoms with Gasteiger partial charge in [-0.1, -0.05) is 19.8 Å². The number of aromatic nitrogens is 3. The van der Waals surface area contributed by atoms with Gasteiger partial charge in [-0.25, -0.2) is 9.50 Å². The second kappa shape index (κ2) is 9.13. The second-order valence-corrected chi connectivity index (χ2v) is 9.04. The molecule has 174 valence electrons. The van der Waals surface area contributed by atoms with E-state index in [1.165, 1.54) is 10.8 Å². The van der Waals surface area contributed by atoms with Gasteiger partial charge in [-0.3, -0.25) is 9.79 Å². The maximum atomic E-state index is 12.4. The smallest absolute Gasteiger partial charge is 0.306 e. The van der Waals surface area contributed by atoms with Crippen LogP contribution >= 0.6 is 0 Å². The Morgan fingerprint density at radius 2 is 2.12 bits per heavy atom. The van der Waals surface area contributed by atoms with E-state index in [0.29, 0.717) is 29.5 Å². The number of aliphatic imine (C=N–C) groups is 1. The van der Waals surface area contributed by atoms with Gasteiger partial charge in [0.25, 0.3) is 0 Å². The molecule has 0 spiro atoms. The summed E-state index contributed by atoms with van der Waals surface area (Å²) in [5, 5.41) is 25.9. The molecule has 1 aliphatic carbocycles. The number of nitrogens with two attached hydrogens (primary N) is 1. The molecule has 32 heavy (non-hydrogen) atoms. The van der Waals surface area contributed by atoms with Gasteiger partial charge in [0.15, 0.2) is 11.4 Å². The van der Waals surface area contributed by atoms with Gasteiger partial charge in [-0.15, -0.1) is 0 Å². The summed E-state index contributed by atoms with van der Waals surface area (Å²) in [6.07, 6.45) is 2.41. The fourth-order valence-electron chi connectivity index (χ4n) is 4.89. The molecular weight excluding hydrogens is 414 g/mol. The van der Waals surface area contributed by atoms with Crippen molar-refractivity contribution in [3.05, 3.63) is 24.2 Å². The monoisotopic (exact) mass is 445 g/mol. The van der Waals surface area contributed by atoms with Gasteiger partial charge in [0.05, 0.1) is 12.2 Å². The molecule has 4 atom stereocenters. The third-order valence-electron chi connectivity index (χ3n) is 6.81. The number of anilines is 1. The molecule has 0 bridgehead atoms. The molecule has 0 radical (unpaired) electrons. The highest BCUT2D eigenvalue weighted by Gasteiger charge is 2.56. The van der Waals surface area contributed by atoms with Crippen molar-refractivity contribution < 1.29 is 24.5 Å². The number of ether oxygens (including phenoxy) is 2. The van der Waals surface area contributed by atoms with E-state index in [4.69, 9.17) is 15.2 Å². The minimum absolute atomic E-state index is 0.0358. The lowest BCUT2D eigenvalue weighted by Crippen LogP contribution is -2.44. The molecule has 1 aliphatic heterocycles. The highest BCUT2D eigenvalue weighted by atomic mass is 16.6. The first-order valence-corrected chi connectivity index (χ1v) is 11.1. The summed E-state index contributed by atoms with van der Waals surface area (Å²) in [5.74, 6) is 0.995. The van der Waals surface area contributed by atoms with E-state index >= 15 is 0 Å². The zero-order chi connectivity index (χ0) is 22.9. The van der Waals surface area contributed by atoms with Crippen molar-refractivity contribution in [2.75, 3.05) is 18.9 Å². The summed E-state index contributed by atoms with van der Waals surface area (Å²) in [7, 11) is 0. The molecule has 2 fully saturated rings. The molecule has 3 heterocycles. The summed E-state index contributed by atoms with van der Waals surface area (Å²) in [4.78, 5) is 20.3. The summed E-state index contributed by atoms with van der Waals surface area (Å²) in [6.45, 7) is 5.56. The molecule has 10 heteroatoms. The third-order valence-corrected chi connectivity index (χ3v) is 6.81. The Hall–Kier alpha value is -2.56. The minimum Gasteiger partial charge on any atom is -0.463 e. The number of aliphatic hydroxyl groups is 2. The highest BCUT2D eigenvalue weighted by Crippen LogP contribution is 2.41. The Kier molecular flexibility index (Phi) is 6.45. The van der Waals surface area contributed by atoms with E-state index in [1.807, 2.05) is 0 Å². The first-order valence-electron chi connectivity index (χ1n) is 11.1. The van der Waals surface area contributed by atoms with Gasteiger partial charge in [-0.2, -0.15) is 5.10 Å². The van der Waals surface area contributed by atoms with Gasteiger partial charge < -0.3 is 25.4 Å². The van der Waals surface area contributed by atoms with E-state index in [-0.39, 0.29) is 24.9 Å². The Morgan fingerprint density at radius 3 is 2.84 bits per heavy atom. The van der Waals surface area contributed by atoms with Crippen LogP contribution in [0.25, 0.3) is 5.52 Å². The topological polar surface area (TPSA) is 145 Å². The number of hydrogen-bond donors (Lipinski definition) is 3. The van der Waals surface area contributed by atoms with Gasteiger partial charge in [0, 0.05) is 6.42 Å². The molecule has 10 nitrogen and oxygen atoms in total. The molecule has 2 aromatic heterocycles. The molecule has 0 unspecified atom stereocenters. The molecule has 4 N–H and O–H groups in total. The fourth-order valence-corrected chi connectivity index (χ4v) is 4.89. The number of rotatable bonds is 7. The zero-order valence-electron chi connectivity index (χ0n) is 18.3. The molecule has 0 amide bonds. The third kappa shape index (κ3) is 4.10. The quantitative estimate of drug-likeness (QED) is 0.424. The van der Waals surface area contributed by atoms with Crippen LogP contribution in [-0.4, -0.2) is 69.0 Å². The van der Waals surface area contributed by atoms with Gasteiger partial charge in [-0.05, 0) is 43.5 Å². The van der Waals surface area contributed by atoms with Crippen molar-refractivity contribution in [2.24, 2.45) is 16.8 Å².